The molecule has 1 aromatic carbocycles. The lowest BCUT2D eigenvalue weighted by atomic mass is 10.2. The Labute approximate surface area is 97.5 Å². The fourth-order valence-corrected chi connectivity index (χ4v) is 1.25. The molecule has 4 nitrogen and oxygen atoms in total. The molecule has 0 radical (unpaired) electrons. The van der Waals surface area contributed by atoms with Crippen molar-refractivity contribution in [2.75, 3.05) is 0 Å². The number of carboxylic acids is 1. The smallest absolute Gasteiger partial charge is 0.328 e. The van der Waals surface area contributed by atoms with Gasteiger partial charge in [0.25, 0.3) is 0 Å². The van der Waals surface area contributed by atoms with Crippen LogP contribution in [-0.4, -0.2) is 17.0 Å². The van der Waals surface area contributed by atoms with E-state index in [1.807, 2.05) is 6.07 Å². The fraction of sp³-hybridized carbons (Fsp3) is 0.0909. The summed E-state index contributed by atoms with van der Waals surface area (Å²) >= 11 is 5.76. The van der Waals surface area contributed by atoms with Crippen molar-refractivity contribution in [3.05, 3.63) is 47.0 Å². The summed E-state index contributed by atoms with van der Waals surface area (Å²) in [5.41, 5.74) is 0.851. The van der Waals surface area contributed by atoms with E-state index in [1.54, 1.807) is 18.2 Å². The first kappa shape index (κ1) is 12.3. The lowest BCUT2D eigenvalue weighted by Crippen LogP contribution is -2.20. The van der Waals surface area contributed by atoms with Crippen LogP contribution >= 0.6 is 11.6 Å². The second-order valence-electron chi connectivity index (χ2n) is 3.02. The zero-order chi connectivity index (χ0) is 12.0. The molecule has 1 rings (SSSR count). The van der Waals surface area contributed by atoms with E-state index in [4.69, 9.17) is 16.7 Å². The van der Waals surface area contributed by atoms with Crippen LogP contribution in [0.25, 0.3) is 0 Å². The van der Waals surface area contributed by atoms with Crippen LogP contribution in [0.15, 0.2) is 36.4 Å². The average molecular weight is 240 g/mol. The number of rotatable bonds is 4. The number of halogens is 1. The van der Waals surface area contributed by atoms with Crippen LogP contribution in [-0.2, 0) is 16.1 Å². The third-order valence-electron chi connectivity index (χ3n) is 1.73. The topological polar surface area (TPSA) is 66.4 Å². The lowest BCUT2D eigenvalue weighted by Gasteiger charge is -2.02. The van der Waals surface area contributed by atoms with Crippen molar-refractivity contribution in [3.8, 4) is 0 Å². The summed E-state index contributed by atoms with van der Waals surface area (Å²) < 4.78 is 0. The largest absolute Gasteiger partial charge is 0.478 e. The molecule has 0 saturated carbocycles. The Hall–Kier alpha value is -1.81. The van der Waals surface area contributed by atoms with Crippen molar-refractivity contribution in [2.45, 2.75) is 6.54 Å². The van der Waals surface area contributed by atoms with E-state index in [0.717, 1.165) is 17.7 Å². The summed E-state index contributed by atoms with van der Waals surface area (Å²) in [5.74, 6) is -1.61. The molecule has 2 N–H and O–H groups in total. The molecule has 0 aliphatic rings. The summed E-state index contributed by atoms with van der Waals surface area (Å²) in [7, 11) is 0. The van der Waals surface area contributed by atoms with Crippen LogP contribution in [0.3, 0.4) is 0 Å². The molecule has 0 aliphatic carbocycles. The van der Waals surface area contributed by atoms with Crippen LogP contribution in [0.2, 0.25) is 5.02 Å². The Kier molecular flexibility index (Phi) is 4.54. The van der Waals surface area contributed by atoms with Crippen LogP contribution in [0, 0.1) is 0 Å². The highest BCUT2D eigenvalue weighted by Gasteiger charge is 1.98. The highest BCUT2D eigenvalue weighted by Crippen LogP contribution is 2.10. The maximum Gasteiger partial charge on any atom is 0.328 e. The molecule has 0 saturated heterocycles. The predicted octanol–water partition coefficient (Wildman–Crippen LogP) is 1.60. The van der Waals surface area contributed by atoms with Gasteiger partial charge in [-0.2, -0.15) is 0 Å². The van der Waals surface area contributed by atoms with Gasteiger partial charge < -0.3 is 10.4 Å². The third-order valence-corrected chi connectivity index (χ3v) is 1.97. The van der Waals surface area contributed by atoms with Gasteiger partial charge in [-0.1, -0.05) is 23.7 Å². The van der Waals surface area contributed by atoms with E-state index in [-0.39, 0.29) is 0 Å². The molecule has 0 bridgehead atoms. The molecule has 16 heavy (non-hydrogen) atoms. The molecule has 0 heterocycles. The minimum Gasteiger partial charge on any atom is -0.478 e. The Balaban J connectivity index is 2.46. The molecular weight excluding hydrogens is 230 g/mol. The van der Waals surface area contributed by atoms with E-state index in [1.165, 1.54) is 0 Å². The SMILES string of the molecule is O=C(O)/C=C\C(=O)NCc1cccc(Cl)c1. The van der Waals surface area contributed by atoms with E-state index < -0.39 is 11.9 Å². The molecule has 0 spiro atoms. The predicted molar refractivity (Wildman–Crippen MR) is 60.1 cm³/mol. The van der Waals surface area contributed by atoms with Gasteiger partial charge in [0.15, 0.2) is 0 Å². The second kappa shape index (κ2) is 5.92. The van der Waals surface area contributed by atoms with Crippen molar-refractivity contribution in [1.29, 1.82) is 0 Å². The molecule has 0 fully saturated rings. The van der Waals surface area contributed by atoms with Gasteiger partial charge in [0.2, 0.25) is 5.91 Å². The lowest BCUT2D eigenvalue weighted by molar-refractivity contribution is -0.131. The highest BCUT2D eigenvalue weighted by atomic mass is 35.5. The van der Waals surface area contributed by atoms with Gasteiger partial charge in [0.05, 0.1) is 0 Å². The standard InChI is InChI=1S/C11H10ClNO3/c12-9-3-1-2-8(6-9)7-13-10(14)4-5-11(15)16/h1-6H,7H2,(H,13,14)(H,15,16)/b5-4-. The summed E-state index contributed by atoms with van der Waals surface area (Å²) in [6.45, 7) is 0.309. The van der Waals surface area contributed by atoms with E-state index in [2.05, 4.69) is 5.32 Å². The number of benzene rings is 1. The van der Waals surface area contributed by atoms with Crippen LogP contribution in [0.1, 0.15) is 5.56 Å². The van der Waals surface area contributed by atoms with Crippen molar-refractivity contribution in [3.63, 3.8) is 0 Å². The number of hydrogen-bond donors (Lipinski definition) is 2. The average Bonchev–Trinajstić information content (AvgIpc) is 2.23. The Morgan fingerprint density at radius 1 is 1.38 bits per heavy atom. The summed E-state index contributed by atoms with van der Waals surface area (Å²) in [5, 5.41) is 11.4. The molecular formula is C11H10ClNO3. The number of nitrogens with one attached hydrogen (secondary N) is 1. The molecule has 0 atom stereocenters. The number of carbonyl (C=O) groups excluding carboxylic acids is 1. The molecule has 0 aromatic heterocycles. The molecule has 0 aliphatic heterocycles. The zero-order valence-electron chi connectivity index (χ0n) is 8.31. The molecule has 1 aromatic rings. The van der Waals surface area contributed by atoms with Gasteiger partial charge in [-0.15, -0.1) is 0 Å². The Bertz CT molecular complexity index is 429. The van der Waals surface area contributed by atoms with Crippen molar-refractivity contribution < 1.29 is 14.7 Å². The van der Waals surface area contributed by atoms with Crippen LogP contribution < -0.4 is 5.32 Å². The normalized spacial score (nSPS) is 10.3. The van der Waals surface area contributed by atoms with Gasteiger partial charge in [0, 0.05) is 23.7 Å². The van der Waals surface area contributed by atoms with Crippen molar-refractivity contribution in [1.82, 2.24) is 5.32 Å². The second-order valence-corrected chi connectivity index (χ2v) is 3.46. The maximum atomic E-state index is 11.1. The summed E-state index contributed by atoms with van der Waals surface area (Å²) in [4.78, 5) is 21.2. The quantitative estimate of drug-likeness (QED) is 0.785. The number of carbonyl (C=O) groups is 2. The number of aliphatic carboxylic acids is 1. The van der Waals surface area contributed by atoms with Gasteiger partial charge in [0.1, 0.15) is 0 Å². The highest BCUT2D eigenvalue weighted by molar-refractivity contribution is 6.30. The van der Waals surface area contributed by atoms with E-state index in [9.17, 15) is 9.59 Å². The van der Waals surface area contributed by atoms with Crippen LogP contribution in [0.5, 0.6) is 0 Å². The first-order chi connectivity index (χ1) is 7.58. The first-order valence-electron chi connectivity index (χ1n) is 4.51. The third kappa shape index (κ3) is 4.61. The van der Waals surface area contributed by atoms with E-state index >= 15 is 0 Å². The number of hydrogen-bond acceptors (Lipinski definition) is 2. The monoisotopic (exact) mass is 239 g/mol. The van der Waals surface area contributed by atoms with E-state index in [0.29, 0.717) is 11.6 Å². The Morgan fingerprint density at radius 2 is 2.12 bits per heavy atom. The number of amides is 1. The minimum atomic E-state index is -1.15. The van der Waals surface area contributed by atoms with Crippen molar-refractivity contribution in [2.24, 2.45) is 0 Å². The molecule has 5 heteroatoms. The zero-order valence-corrected chi connectivity index (χ0v) is 9.07. The Morgan fingerprint density at radius 3 is 2.75 bits per heavy atom. The van der Waals surface area contributed by atoms with Crippen molar-refractivity contribution >= 4 is 23.5 Å². The van der Waals surface area contributed by atoms with Gasteiger partial charge >= 0.3 is 5.97 Å². The van der Waals surface area contributed by atoms with Gasteiger partial charge in [-0.3, -0.25) is 4.79 Å². The van der Waals surface area contributed by atoms with Gasteiger partial charge in [-0.25, -0.2) is 4.79 Å². The maximum absolute atomic E-state index is 11.1. The van der Waals surface area contributed by atoms with Gasteiger partial charge in [-0.05, 0) is 17.7 Å². The minimum absolute atomic E-state index is 0.309. The molecule has 84 valence electrons. The fourth-order valence-electron chi connectivity index (χ4n) is 1.04. The first-order valence-corrected chi connectivity index (χ1v) is 4.89. The summed E-state index contributed by atoms with van der Waals surface area (Å²) in [6, 6.07) is 7.05. The molecule has 1 amide bonds. The summed E-state index contributed by atoms with van der Waals surface area (Å²) in [6.07, 6.45) is 1.75. The molecule has 0 unspecified atom stereocenters. The van der Waals surface area contributed by atoms with Crippen LogP contribution in [0.4, 0.5) is 0 Å². The number of carboxylic acid groups (broad SMARTS) is 1.